The van der Waals surface area contributed by atoms with Gasteiger partial charge in [0, 0.05) is 34.2 Å². The predicted octanol–water partition coefficient (Wildman–Crippen LogP) is 8.82. The first-order valence-corrected chi connectivity index (χ1v) is 14.2. The van der Waals surface area contributed by atoms with Gasteiger partial charge >= 0.3 is 5.97 Å². The molecule has 2 aromatic heterocycles. The van der Waals surface area contributed by atoms with Gasteiger partial charge in [-0.2, -0.15) is 0 Å². The molecule has 0 amide bonds. The minimum Gasteiger partial charge on any atom is -0.494 e. The number of benzene rings is 4. The van der Waals surface area contributed by atoms with Crippen molar-refractivity contribution in [2.75, 3.05) is 6.61 Å². The standard InChI is InChI=1S/C35H31ClN2O3/c1-22-19-26(20-23(2)32(22)36)41-18-8-14-30-29-13-7-12-28(33(29)37-34(30)35(39)40)27-11-5-3-10-25(27)21-38-17-16-24-9-4-6-15-31(24)38/h3-7,9-13,15-17,19-20,37H,8,14,18,21H2,1-2H3,(H,39,40). The van der Waals surface area contributed by atoms with Crippen molar-refractivity contribution < 1.29 is 14.6 Å². The average Bonchev–Trinajstić information content (AvgIpc) is 3.56. The molecule has 0 atom stereocenters. The topological polar surface area (TPSA) is 67.2 Å². The lowest BCUT2D eigenvalue weighted by Crippen LogP contribution is -2.04. The largest absolute Gasteiger partial charge is 0.494 e. The van der Waals surface area contributed by atoms with E-state index in [1.165, 1.54) is 10.9 Å². The first kappa shape index (κ1) is 26.7. The number of para-hydroxylation sites is 2. The number of aromatic carboxylic acids is 1. The molecule has 0 aliphatic rings. The van der Waals surface area contributed by atoms with Gasteiger partial charge in [-0.05, 0) is 84.2 Å². The van der Waals surface area contributed by atoms with Gasteiger partial charge in [0.15, 0.2) is 0 Å². The highest BCUT2D eigenvalue weighted by Crippen LogP contribution is 2.35. The number of aryl methyl sites for hydroxylation is 3. The summed E-state index contributed by atoms with van der Waals surface area (Å²) < 4.78 is 8.25. The van der Waals surface area contributed by atoms with E-state index >= 15 is 0 Å². The maximum atomic E-state index is 12.3. The second-order valence-electron chi connectivity index (χ2n) is 10.5. The van der Waals surface area contributed by atoms with E-state index < -0.39 is 5.97 Å². The SMILES string of the molecule is Cc1cc(OCCCc2c(C(=O)O)[nH]c3c(-c4ccccc4Cn4ccc5ccccc54)cccc23)cc(C)c1Cl. The number of nitrogens with zero attached hydrogens (tertiary/aromatic N) is 1. The van der Waals surface area contributed by atoms with Crippen LogP contribution in [0.25, 0.3) is 32.9 Å². The molecule has 0 saturated carbocycles. The van der Waals surface area contributed by atoms with Crippen LogP contribution in [-0.4, -0.2) is 27.2 Å². The van der Waals surface area contributed by atoms with Gasteiger partial charge in [-0.15, -0.1) is 0 Å². The first-order valence-electron chi connectivity index (χ1n) is 13.8. The monoisotopic (exact) mass is 562 g/mol. The van der Waals surface area contributed by atoms with Gasteiger partial charge < -0.3 is 19.4 Å². The number of H-pyrrole nitrogens is 1. The minimum absolute atomic E-state index is 0.236. The van der Waals surface area contributed by atoms with Crippen molar-refractivity contribution in [1.82, 2.24) is 9.55 Å². The smallest absolute Gasteiger partial charge is 0.352 e. The van der Waals surface area contributed by atoms with Crippen LogP contribution < -0.4 is 4.74 Å². The van der Waals surface area contributed by atoms with E-state index in [1.54, 1.807) is 0 Å². The van der Waals surface area contributed by atoms with Gasteiger partial charge in [0.25, 0.3) is 0 Å². The van der Waals surface area contributed by atoms with Crippen LogP contribution in [0.2, 0.25) is 5.02 Å². The fourth-order valence-corrected chi connectivity index (χ4v) is 5.86. The van der Waals surface area contributed by atoms with Crippen LogP contribution in [0.5, 0.6) is 5.75 Å². The summed E-state index contributed by atoms with van der Waals surface area (Å²) in [5.41, 5.74) is 8.25. The predicted molar refractivity (Wildman–Crippen MR) is 166 cm³/mol. The Hall–Kier alpha value is -4.48. The first-order chi connectivity index (χ1) is 19.9. The third kappa shape index (κ3) is 5.21. The molecule has 0 aliphatic carbocycles. The number of halogens is 1. The summed E-state index contributed by atoms with van der Waals surface area (Å²) in [6, 6.07) is 28.8. The van der Waals surface area contributed by atoms with Gasteiger partial charge in [-0.1, -0.05) is 72.3 Å². The highest BCUT2D eigenvalue weighted by Gasteiger charge is 2.20. The molecular weight excluding hydrogens is 532 g/mol. The summed E-state index contributed by atoms with van der Waals surface area (Å²) in [6.07, 6.45) is 3.37. The quantitative estimate of drug-likeness (QED) is 0.173. The summed E-state index contributed by atoms with van der Waals surface area (Å²) in [5.74, 6) is -0.185. The molecule has 5 nitrogen and oxygen atoms in total. The van der Waals surface area contributed by atoms with E-state index in [1.807, 2.05) is 44.2 Å². The Morgan fingerprint density at radius 1 is 0.927 bits per heavy atom. The third-order valence-electron chi connectivity index (χ3n) is 7.73. The fraction of sp³-hybridized carbons (Fsp3) is 0.171. The van der Waals surface area contributed by atoms with Crippen LogP contribution >= 0.6 is 11.6 Å². The normalized spacial score (nSPS) is 11.4. The Morgan fingerprint density at radius 3 is 2.46 bits per heavy atom. The Kier molecular flexibility index (Phi) is 7.29. The van der Waals surface area contributed by atoms with Gasteiger partial charge in [-0.25, -0.2) is 4.79 Å². The maximum absolute atomic E-state index is 12.3. The molecule has 4 aromatic carbocycles. The van der Waals surface area contributed by atoms with E-state index in [0.717, 1.165) is 55.1 Å². The zero-order valence-electron chi connectivity index (χ0n) is 23.1. The second kappa shape index (κ2) is 11.2. The number of hydrogen-bond acceptors (Lipinski definition) is 2. The molecule has 0 saturated heterocycles. The average molecular weight is 563 g/mol. The number of fused-ring (bicyclic) bond motifs is 2. The minimum atomic E-state index is -0.959. The second-order valence-corrected chi connectivity index (χ2v) is 10.9. The zero-order chi connectivity index (χ0) is 28.5. The van der Waals surface area contributed by atoms with Crippen molar-refractivity contribution in [3.63, 3.8) is 0 Å². The van der Waals surface area contributed by atoms with Crippen LogP contribution in [0.3, 0.4) is 0 Å². The number of rotatable bonds is 9. The fourth-order valence-electron chi connectivity index (χ4n) is 5.75. The molecule has 6 heteroatoms. The zero-order valence-corrected chi connectivity index (χ0v) is 23.8. The molecule has 0 bridgehead atoms. The molecule has 0 aliphatic heterocycles. The number of nitrogens with one attached hydrogen (secondary N) is 1. The van der Waals surface area contributed by atoms with Crippen molar-refractivity contribution >= 4 is 39.4 Å². The lowest BCUT2D eigenvalue weighted by molar-refractivity contribution is 0.0690. The van der Waals surface area contributed by atoms with Crippen LogP contribution in [-0.2, 0) is 13.0 Å². The van der Waals surface area contributed by atoms with E-state index in [0.29, 0.717) is 26.0 Å². The van der Waals surface area contributed by atoms with Crippen molar-refractivity contribution in [3.05, 3.63) is 124 Å². The number of hydrogen-bond donors (Lipinski definition) is 2. The van der Waals surface area contributed by atoms with Crippen molar-refractivity contribution in [3.8, 4) is 16.9 Å². The molecule has 41 heavy (non-hydrogen) atoms. The highest BCUT2D eigenvalue weighted by atomic mass is 35.5. The molecule has 0 radical (unpaired) electrons. The number of carboxylic acids is 1. The van der Waals surface area contributed by atoms with E-state index in [4.69, 9.17) is 16.3 Å². The summed E-state index contributed by atoms with van der Waals surface area (Å²) in [4.78, 5) is 15.6. The molecular formula is C35H31ClN2O3. The molecule has 6 rings (SSSR count). The van der Waals surface area contributed by atoms with Gasteiger partial charge in [0.05, 0.1) is 12.1 Å². The molecule has 6 aromatic rings. The third-order valence-corrected chi connectivity index (χ3v) is 8.33. The summed E-state index contributed by atoms with van der Waals surface area (Å²) >= 11 is 6.29. The summed E-state index contributed by atoms with van der Waals surface area (Å²) in [6.45, 7) is 5.10. The van der Waals surface area contributed by atoms with Crippen molar-refractivity contribution in [2.45, 2.75) is 33.2 Å². The highest BCUT2D eigenvalue weighted by molar-refractivity contribution is 6.32. The van der Waals surface area contributed by atoms with Gasteiger partial charge in [0.2, 0.25) is 0 Å². The molecule has 0 fully saturated rings. The lowest BCUT2D eigenvalue weighted by atomic mass is 9.96. The molecule has 0 spiro atoms. The van der Waals surface area contributed by atoms with Crippen molar-refractivity contribution in [2.24, 2.45) is 0 Å². The molecule has 2 heterocycles. The molecule has 0 unspecified atom stereocenters. The van der Waals surface area contributed by atoms with E-state index in [2.05, 4.69) is 70.3 Å². The van der Waals surface area contributed by atoms with Crippen LogP contribution in [0.1, 0.15) is 39.2 Å². The maximum Gasteiger partial charge on any atom is 0.352 e. The van der Waals surface area contributed by atoms with Crippen LogP contribution in [0.4, 0.5) is 0 Å². The van der Waals surface area contributed by atoms with E-state index in [-0.39, 0.29) is 5.69 Å². The number of ether oxygens (including phenoxy) is 1. The Labute approximate surface area is 244 Å². The van der Waals surface area contributed by atoms with Gasteiger partial charge in [0.1, 0.15) is 11.4 Å². The summed E-state index contributed by atoms with van der Waals surface area (Å²) in [7, 11) is 0. The van der Waals surface area contributed by atoms with Gasteiger partial charge in [-0.3, -0.25) is 0 Å². The Balaban J connectivity index is 1.30. The lowest BCUT2D eigenvalue weighted by Gasteiger charge is -2.13. The Bertz CT molecular complexity index is 1880. The Morgan fingerprint density at radius 2 is 1.66 bits per heavy atom. The number of carbonyl (C=O) groups is 1. The number of aromatic amines is 1. The van der Waals surface area contributed by atoms with Crippen molar-refractivity contribution in [1.29, 1.82) is 0 Å². The van der Waals surface area contributed by atoms with Crippen LogP contribution in [0.15, 0.2) is 91.1 Å². The van der Waals surface area contributed by atoms with Crippen LogP contribution in [0, 0.1) is 13.8 Å². The molecule has 2 N–H and O–H groups in total. The number of carboxylic acid groups (broad SMARTS) is 1. The van der Waals surface area contributed by atoms with E-state index in [9.17, 15) is 9.90 Å². The number of aromatic nitrogens is 2. The summed E-state index contributed by atoms with van der Waals surface area (Å²) in [5, 5.41) is 13.0. The molecule has 206 valence electrons.